The number of unbranched alkanes of at least 4 members (excludes halogenated alkanes) is 1. The Morgan fingerprint density at radius 2 is 1.39 bits per heavy atom. The number of hydrogen-bond donors (Lipinski definition) is 5. The highest BCUT2D eigenvalue weighted by atomic mass is 33.1. The molecule has 0 spiro atoms. The summed E-state index contributed by atoms with van der Waals surface area (Å²) in [6, 6.07) is 0. The molecule has 16 heteroatoms. The minimum Gasteiger partial charge on any atom is -0.380 e. The molecule has 0 bridgehead atoms. The second kappa shape index (κ2) is 24.9. The smallest absolute Gasteiger partial charge is 0.265 e. The van der Waals surface area contributed by atoms with Crippen LogP contribution in [0.25, 0.3) is 0 Å². The third-order valence-corrected chi connectivity index (χ3v) is 14.1. The van der Waals surface area contributed by atoms with E-state index in [1.54, 1.807) is 0 Å². The average Bonchev–Trinajstić information content (AvgIpc) is 3.60. The Morgan fingerprint density at radius 1 is 0.778 bits per heavy atom. The van der Waals surface area contributed by atoms with Crippen molar-refractivity contribution in [2.45, 2.75) is 124 Å². The molecule has 0 saturated carbocycles. The van der Waals surface area contributed by atoms with Gasteiger partial charge in [0.25, 0.3) is 10.1 Å². The van der Waals surface area contributed by atoms with Gasteiger partial charge in [0, 0.05) is 79.3 Å². The topological polar surface area (TPSA) is 180 Å². The summed E-state index contributed by atoms with van der Waals surface area (Å²) in [5, 5.41) is 12.8. The van der Waals surface area contributed by atoms with Crippen molar-refractivity contribution in [2.24, 2.45) is 16.2 Å². The maximum atomic E-state index is 14.1. The second-order valence-electron chi connectivity index (χ2n) is 16.7. The lowest BCUT2D eigenvalue weighted by molar-refractivity contribution is -0.890. The molecule has 0 aromatic heterocycles. The van der Waals surface area contributed by atoms with E-state index in [1.807, 2.05) is 77.2 Å². The summed E-state index contributed by atoms with van der Waals surface area (Å²) < 4.78 is 37.4. The highest BCUT2D eigenvalue weighted by molar-refractivity contribution is 8.77. The first-order chi connectivity index (χ1) is 25.2. The summed E-state index contributed by atoms with van der Waals surface area (Å²) in [7, 11) is 3.83. The monoisotopic (exact) mass is 824 g/mol. The van der Waals surface area contributed by atoms with Gasteiger partial charge in [0.1, 0.15) is 0 Å². The molecule has 4 amide bonds. The molecule has 1 saturated heterocycles. The van der Waals surface area contributed by atoms with Crippen molar-refractivity contribution in [3.05, 3.63) is 0 Å². The molecule has 1 aliphatic rings. The van der Waals surface area contributed by atoms with Gasteiger partial charge in [-0.1, -0.05) is 69.6 Å². The summed E-state index contributed by atoms with van der Waals surface area (Å²) in [5.41, 5.74) is -2.91. The largest absolute Gasteiger partial charge is 0.380 e. The first-order valence-corrected chi connectivity index (χ1v) is 23.9. The second-order valence-corrected chi connectivity index (χ2v) is 21.1. The summed E-state index contributed by atoms with van der Waals surface area (Å²) in [6.07, 6.45) is 8.21. The fourth-order valence-electron chi connectivity index (χ4n) is 6.98. The van der Waals surface area contributed by atoms with Crippen LogP contribution in [-0.2, 0) is 34.0 Å². The van der Waals surface area contributed by atoms with Gasteiger partial charge in [-0.3, -0.25) is 23.7 Å². The average molecular weight is 825 g/mol. The van der Waals surface area contributed by atoms with E-state index in [0.717, 1.165) is 30.9 Å². The molecule has 0 radical (unpaired) electrons. The number of carbonyl (C=O) groups is 4. The van der Waals surface area contributed by atoms with Crippen LogP contribution in [0, 0.1) is 16.2 Å². The van der Waals surface area contributed by atoms with Gasteiger partial charge in [-0.15, -0.1) is 0 Å². The highest BCUT2D eigenvalue weighted by Crippen LogP contribution is 2.44. The Hall–Kier alpha value is -1.59. The van der Waals surface area contributed by atoms with E-state index in [1.165, 1.54) is 12.2 Å². The Kier molecular flexibility index (Phi) is 23.3. The van der Waals surface area contributed by atoms with Crippen LogP contribution in [0.4, 0.5) is 0 Å². The van der Waals surface area contributed by atoms with Gasteiger partial charge < -0.3 is 30.5 Å². The summed E-state index contributed by atoms with van der Waals surface area (Å²) in [4.78, 5) is 53.6. The maximum absolute atomic E-state index is 14.1. The van der Waals surface area contributed by atoms with Crippen LogP contribution in [0.3, 0.4) is 0 Å². The number of ether oxygens (including phenoxy) is 1. The molecular formula is C38H74N5O8S3+. The van der Waals surface area contributed by atoms with Crippen LogP contribution in [0.15, 0.2) is 0 Å². The van der Waals surface area contributed by atoms with Crippen LogP contribution >= 0.6 is 21.6 Å². The van der Waals surface area contributed by atoms with E-state index in [4.69, 9.17) is 9.29 Å². The van der Waals surface area contributed by atoms with Crippen molar-refractivity contribution >= 4 is 55.3 Å². The molecule has 1 aliphatic heterocycles. The Morgan fingerprint density at radius 3 is 2.02 bits per heavy atom. The van der Waals surface area contributed by atoms with E-state index in [-0.39, 0.29) is 42.2 Å². The standard InChI is InChI=1S/C38H73N5O8S3/c1-9-25-51-26-22-42-34(46)37(5,10-2)30-38(6,35(47)41-21-14-23-43(7,8)24-15-28-54(48,49)50)29-36(3,4)33(45)40-20-13-19-39-32(44)17-12-11-16-31-18-27-52-53-31/h31H,9-30H2,1-8H3,(H4-,39,40,41,42,44,45,46,47,48,49,50)/p+1. The number of rotatable bonds is 30. The predicted molar refractivity (Wildman–Crippen MR) is 222 cm³/mol. The van der Waals surface area contributed by atoms with Crippen molar-refractivity contribution < 1.29 is 41.4 Å². The molecule has 1 heterocycles. The third kappa shape index (κ3) is 21.1. The molecule has 3 atom stereocenters. The molecule has 0 aromatic carbocycles. The lowest BCUT2D eigenvalue weighted by Gasteiger charge is -2.41. The van der Waals surface area contributed by atoms with Gasteiger partial charge in [0.15, 0.2) is 0 Å². The van der Waals surface area contributed by atoms with Crippen molar-refractivity contribution in [3.63, 3.8) is 0 Å². The van der Waals surface area contributed by atoms with Crippen LogP contribution in [0.5, 0.6) is 0 Å². The SMILES string of the molecule is CCCOCCNC(=O)C(C)(CC)CC(C)(CC(C)(C)C(=O)NCCCNC(=O)CCCCC1CCSS1)C(=O)NCCC[N+](C)(C)CCCS(=O)(=O)O. The van der Waals surface area contributed by atoms with E-state index in [2.05, 4.69) is 21.3 Å². The predicted octanol–water partition coefficient (Wildman–Crippen LogP) is 4.96. The fourth-order valence-corrected chi connectivity index (χ4v) is 10.5. The Bertz CT molecular complexity index is 1260. The summed E-state index contributed by atoms with van der Waals surface area (Å²) in [5.74, 6) is 0.367. The molecule has 54 heavy (non-hydrogen) atoms. The van der Waals surface area contributed by atoms with Crippen molar-refractivity contribution in [1.29, 1.82) is 0 Å². The molecule has 0 aromatic rings. The molecular weight excluding hydrogens is 751 g/mol. The van der Waals surface area contributed by atoms with Crippen molar-refractivity contribution in [2.75, 3.05) is 78.1 Å². The fraction of sp³-hybridized carbons (Fsp3) is 0.895. The van der Waals surface area contributed by atoms with E-state index in [9.17, 15) is 27.6 Å². The number of nitrogens with one attached hydrogen (secondary N) is 4. The molecule has 5 N–H and O–H groups in total. The van der Waals surface area contributed by atoms with E-state index < -0.39 is 26.4 Å². The maximum Gasteiger partial charge on any atom is 0.265 e. The Balaban J connectivity index is 2.85. The highest BCUT2D eigenvalue weighted by Gasteiger charge is 2.47. The van der Waals surface area contributed by atoms with Gasteiger partial charge in [0.2, 0.25) is 23.6 Å². The quantitative estimate of drug-likeness (QED) is 0.0288. The summed E-state index contributed by atoms with van der Waals surface area (Å²) >= 11 is 0. The van der Waals surface area contributed by atoms with E-state index >= 15 is 0 Å². The first-order valence-electron chi connectivity index (χ1n) is 19.9. The number of carbonyl (C=O) groups excluding carboxylic acids is 4. The molecule has 1 rings (SSSR count). The van der Waals surface area contributed by atoms with Gasteiger partial charge in [-0.25, -0.2) is 0 Å². The number of quaternary nitrogens is 1. The summed E-state index contributed by atoms with van der Waals surface area (Å²) in [6.45, 7) is 15.1. The van der Waals surface area contributed by atoms with Gasteiger partial charge >= 0.3 is 0 Å². The van der Waals surface area contributed by atoms with E-state index in [0.29, 0.717) is 89.1 Å². The van der Waals surface area contributed by atoms with Gasteiger partial charge in [0.05, 0.1) is 39.5 Å². The molecule has 0 aliphatic carbocycles. The molecule has 1 fully saturated rings. The number of hydrogen-bond acceptors (Lipinski definition) is 9. The normalized spacial score (nSPS) is 17.3. The van der Waals surface area contributed by atoms with Crippen LogP contribution in [0.1, 0.15) is 119 Å². The van der Waals surface area contributed by atoms with Crippen LogP contribution in [0.2, 0.25) is 0 Å². The first kappa shape index (κ1) is 50.4. The minimum atomic E-state index is -4.02. The lowest BCUT2D eigenvalue weighted by atomic mass is 9.64. The van der Waals surface area contributed by atoms with Crippen LogP contribution < -0.4 is 21.3 Å². The third-order valence-electron chi connectivity index (χ3n) is 10.2. The lowest BCUT2D eigenvalue weighted by Crippen LogP contribution is -2.51. The van der Waals surface area contributed by atoms with Gasteiger partial charge in [-0.05, 0) is 51.4 Å². The Labute approximate surface area is 334 Å². The molecule has 3 unspecified atom stereocenters. The zero-order valence-electron chi connectivity index (χ0n) is 34.6. The van der Waals surface area contributed by atoms with Crippen LogP contribution in [-0.4, -0.2) is 124 Å². The minimum absolute atomic E-state index is 0.0352. The number of nitrogens with zero attached hydrogens (tertiary/aromatic N) is 1. The zero-order chi connectivity index (χ0) is 40.9. The van der Waals surface area contributed by atoms with Gasteiger partial charge in [-0.2, -0.15) is 8.42 Å². The number of amides is 4. The molecule has 316 valence electrons. The van der Waals surface area contributed by atoms with Crippen molar-refractivity contribution in [3.8, 4) is 0 Å². The van der Waals surface area contributed by atoms with Crippen molar-refractivity contribution in [1.82, 2.24) is 21.3 Å². The molecule has 13 nitrogen and oxygen atoms in total. The zero-order valence-corrected chi connectivity index (χ0v) is 37.1.